The molecule has 0 unspecified atom stereocenters. The molecule has 0 aliphatic rings. The number of sulfonamides is 1. The van der Waals surface area contributed by atoms with Crippen molar-refractivity contribution in [3.63, 3.8) is 0 Å². The maximum atomic E-state index is 11.9. The number of rotatable bonds is 5. The molecule has 0 saturated carbocycles. The molecule has 0 aliphatic carbocycles. The molecule has 0 aromatic carbocycles. The summed E-state index contributed by atoms with van der Waals surface area (Å²) in [5, 5.41) is 14.3. The second-order valence-corrected chi connectivity index (χ2v) is 7.87. The standard InChI is InChI=1S/C9H7ClN2O4S3/c10-9-7(12(13)14)3-8(18-9)19(15,16)11-4-6-1-2-17-5-6/h1-3,5,11H,4H2. The topological polar surface area (TPSA) is 89.3 Å². The lowest BCUT2D eigenvalue weighted by Crippen LogP contribution is -2.22. The molecule has 10 heteroatoms. The van der Waals surface area contributed by atoms with Gasteiger partial charge in [-0.15, -0.1) is 11.3 Å². The molecule has 0 radical (unpaired) electrons. The third kappa shape index (κ3) is 3.31. The molecule has 2 aromatic heterocycles. The number of hydrogen-bond donors (Lipinski definition) is 1. The number of nitrogens with zero attached hydrogens (tertiary/aromatic N) is 1. The summed E-state index contributed by atoms with van der Waals surface area (Å²) in [5.74, 6) is 0. The molecule has 6 nitrogen and oxygen atoms in total. The van der Waals surface area contributed by atoms with Gasteiger partial charge >= 0.3 is 0 Å². The molecule has 1 N–H and O–H groups in total. The summed E-state index contributed by atoms with van der Waals surface area (Å²) in [6.07, 6.45) is 0. The first kappa shape index (κ1) is 14.4. The van der Waals surface area contributed by atoms with E-state index in [-0.39, 0.29) is 15.1 Å². The summed E-state index contributed by atoms with van der Waals surface area (Å²) in [4.78, 5) is 9.91. The molecule has 2 rings (SSSR count). The third-order valence-corrected chi connectivity index (χ3v) is 6.10. The van der Waals surface area contributed by atoms with Gasteiger partial charge in [0.1, 0.15) is 4.21 Å². The molecule has 0 amide bonds. The number of nitro groups is 1. The van der Waals surface area contributed by atoms with Crippen LogP contribution >= 0.6 is 34.3 Å². The van der Waals surface area contributed by atoms with E-state index in [1.54, 1.807) is 6.07 Å². The van der Waals surface area contributed by atoms with Crippen LogP contribution in [0.5, 0.6) is 0 Å². The Labute approximate surface area is 121 Å². The van der Waals surface area contributed by atoms with Gasteiger partial charge in [-0.05, 0) is 22.4 Å². The Balaban J connectivity index is 2.20. The van der Waals surface area contributed by atoms with Gasteiger partial charge in [-0.1, -0.05) is 11.6 Å². The number of halogens is 1. The van der Waals surface area contributed by atoms with E-state index in [0.29, 0.717) is 11.3 Å². The van der Waals surface area contributed by atoms with Gasteiger partial charge in [-0.2, -0.15) is 11.3 Å². The minimum Gasteiger partial charge on any atom is -0.258 e. The van der Waals surface area contributed by atoms with Crippen molar-refractivity contribution in [2.75, 3.05) is 0 Å². The van der Waals surface area contributed by atoms with Crippen LogP contribution in [0.4, 0.5) is 5.69 Å². The van der Waals surface area contributed by atoms with E-state index in [0.717, 1.165) is 11.6 Å². The molecule has 0 fully saturated rings. The van der Waals surface area contributed by atoms with Crippen molar-refractivity contribution in [2.24, 2.45) is 0 Å². The van der Waals surface area contributed by atoms with E-state index < -0.39 is 20.6 Å². The van der Waals surface area contributed by atoms with Crippen molar-refractivity contribution in [2.45, 2.75) is 10.8 Å². The first-order valence-corrected chi connectivity index (χ1v) is 8.46. The predicted molar refractivity (Wildman–Crippen MR) is 74.3 cm³/mol. The zero-order valence-electron chi connectivity index (χ0n) is 9.20. The van der Waals surface area contributed by atoms with Crippen molar-refractivity contribution in [3.05, 3.63) is 42.9 Å². The fourth-order valence-electron chi connectivity index (χ4n) is 1.24. The highest BCUT2D eigenvalue weighted by Crippen LogP contribution is 2.36. The van der Waals surface area contributed by atoms with Crippen molar-refractivity contribution >= 4 is 50.0 Å². The van der Waals surface area contributed by atoms with Gasteiger partial charge < -0.3 is 0 Å². The van der Waals surface area contributed by atoms with E-state index >= 15 is 0 Å². The summed E-state index contributed by atoms with van der Waals surface area (Å²) in [5.41, 5.74) is 0.424. The van der Waals surface area contributed by atoms with E-state index in [9.17, 15) is 18.5 Å². The molecule has 0 saturated heterocycles. The maximum Gasteiger partial charge on any atom is 0.300 e. The van der Waals surface area contributed by atoms with E-state index in [4.69, 9.17) is 11.6 Å². The van der Waals surface area contributed by atoms with E-state index in [1.165, 1.54) is 11.3 Å². The summed E-state index contributed by atoms with van der Waals surface area (Å²) in [6, 6.07) is 2.75. The zero-order valence-corrected chi connectivity index (χ0v) is 12.4. The normalized spacial score (nSPS) is 11.6. The molecule has 0 spiro atoms. The summed E-state index contributed by atoms with van der Waals surface area (Å²) in [6.45, 7) is 0.134. The van der Waals surface area contributed by atoms with Gasteiger partial charge in [0.15, 0.2) is 4.34 Å². The lowest BCUT2D eigenvalue weighted by atomic mass is 10.4. The van der Waals surface area contributed by atoms with Gasteiger partial charge in [0.05, 0.1) is 4.92 Å². The van der Waals surface area contributed by atoms with Crippen LogP contribution < -0.4 is 4.72 Å². The van der Waals surface area contributed by atoms with Gasteiger partial charge in [0.2, 0.25) is 0 Å². The average Bonchev–Trinajstić information content (AvgIpc) is 2.95. The average molecular weight is 339 g/mol. The number of hydrogen-bond acceptors (Lipinski definition) is 6. The van der Waals surface area contributed by atoms with Crippen LogP contribution in [0, 0.1) is 10.1 Å². The maximum absolute atomic E-state index is 11.9. The Kier molecular flexibility index (Phi) is 4.21. The Morgan fingerprint density at radius 1 is 1.47 bits per heavy atom. The molecular weight excluding hydrogens is 332 g/mol. The second-order valence-electron chi connectivity index (χ2n) is 3.44. The highest BCUT2D eigenvalue weighted by Gasteiger charge is 2.24. The third-order valence-electron chi connectivity index (χ3n) is 2.15. The molecule has 2 aromatic rings. The number of thiophene rings is 2. The Hall–Kier alpha value is -1.00. The second kappa shape index (κ2) is 5.55. The van der Waals surface area contributed by atoms with Gasteiger partial charge in [0.25, 0.3) is 15.7 Å². The lowest BCUT2D eigenvalue weighted by Gasteiger charge is -2.02. The van der Waals surface area contributed by atoms with Gasteiger partial charge in [-0.3, -0.25) is 10.1 Å². The van der Waals surface area contributed by atoms with E-state index in [1.807, 2.05) is 10.8 Å². The molecule has 2 heterocycles. The molecule has 0 atom stereocenters. The Morgan fingerprint density at radius 3 is 2.74 bits per heavy atom. The lowest BCUT2D eigenvalue weighted by molar-refractivity contribution is -0.384. The van der Waals surface area contributed by atoms with Crippen LogP contribution in [0.15, 0.2) is 27.1 Å². The summed E-state index contributed by atoms with van der Waals surface area (Å²) in [7, 11) is -3.79. The minimum atomic E-state index is -3.79. The monoisotopic (exact) mass is 338 g/mol. The molecule has 102 valence electrons. The fraction of sp³-hybridized carbons (Fsp3) is 0.111. The van der Waals surface area contributed by atoms with Crippen molar-refractivity contribution in [1.29, 1.82) is 0 Å². The highest BCUT2D eigenvalue weighted by molar-refractivity contribution is 7.91. The molecule has 0 aliphatic heterocycles. The smallest absolute Gasteiger partial charge is 0.258 e. The zero-order chi connectivity index (χ0) is 14.0. The Morgan fingerprint density at radius 2 is 2.21 bits per heavy atom. The van der Waals surface area contributed by atoms with Gasteiger partial charge in [-0.25, -0.2) is 13.1 Å². The van der Waals surface area contributed by atoms with Crippen LogP contribution in [0.3, 0.4) is 0 Å². The first-order chi connectivity index (χ1) is 8.90. The van der Waals surface area contributed by atoms with E-state index in [2.05, 4.69) is 4.72 Å². The predicted octanol–water partition coefficient (Wildman–Crippen LogP) is 2.85. The summed E-state index contributed by atoms with van der Waals surface area (Å²) < 4.78 is 25.9. The number of nitrogens with one attached hydrogen (secondary N) is 1. The van der Waals surface area contributed by atoms with Crippen molar-refractivity contribution < 1.29 is 13.3 Å². The minimum absolute atomic E-state index is 0.134. The van der Waals surface area contributed by atoms with Crippen LogP contribution in [0.25, 0.3) is 0 Å². The first-order valence-electron chi connectivity index (χ1n) is 4.84. The largest absolute Gasteiger partial charge is 0.300 e. The quantitative estimate of drug-likeness (QED) is 0.670. The molecule has 19 heavy (non-hydrogen) atoms. The van der Waals surface area contributed by atoms with Gasteiger partial charge in [0, 0.05) is 12.6 Å². The summed E-state index contributed by atoms with van der Waals surface area (Å²) >= 11 is 7.75. The van der Waals surface area contributed by atoms with Crippen molar-refractivity contribution in [1.82, 2.24) is 4.72 Å². The van der Waals surface area contributed by atoms with Crippen LogP contribution in [0.1, 0.15) is 5.56 Å². The van der Waals surface area contributed by atoms with Crippen molar-refractivity contribution in [3.8, 4) is 0 Å². The van der Waals surface area contributed by atoms with Crippen LogP contribution in [-0.4, -0.2) is 13.3 Å². The molecule has 0 bridgehead atoms. The van der Waals surface area contributed by atoms with Crippen LogP contribution in [-0.2, 0) is 16.6 Å². The molecular formula is C9H7ClN2O4S3. The van der Waals surface area contributed by atoms with Crippen LogP contribution in [0.2, 0.25) is 4.34 Å². The SMILES string of the molecule is O=[N+]([O-])c1cc(S(=O)(=O)NCc2ccsc2)sc1Cl. The highest BCUT2D eigenvalue weighted by atomic mass is 35.5. The fourth-order valence-corrected chi connectivity index (χ4v) is 4.63. The Bertz CT molecular complexity index is 693.